The number of nitrogens with one attached hydrogen (secondary N) is 4. The van der Waals surface area contributed by atoms with E-state index in [4.69, 9.17) is 4.74 Å². The zero-order chi connectivity index (χ0) is 27.9. The Balaban J connectivity index is 1.52. The molecule has 0 saturated heterocycles. The molecule has 9 heteroatoms. The summed E-state index contributed by atoms with van der Waals surface area (Å²) in [5, 5.41) is 11.0. The van der Waals surface area contributed by atoms with E-state index in [1.165, 1.54) is 0 Å². The Kier molecular flexibility index (Phi) is 12.3. The van der Waals surface area contributed by atoms with Crippen molar-refractivity contribution in [3.05, 3.63) is 78.4 Å². The second kappa shape index (κ2) is 15.7. The maximum atomic E-state index is 12.1. The van der Waals surface area contributed by atoms with Gasteiger partial charge >= 0.3 is 6.09 Å². The van der Waals surface area contributed by atoms with Crippen LogP contribution in [0.5, 0.6) is 5.75 Å². The molecule has 0 radical (unpaired) electrons. The largest absolute Gasteiger partial charge is 0.412 e. The molecule has 4 N–H and O–H groups in total. The van der Waals surface area contributed by atoms with Gasteiger partial charge in [0.25, 0.3) is 11.8 Å². The molecular weight excluding hydrogens is 484 g/mol. The lowest BCUT2D eigenvalue weighted by Gasteiger charge is -2.09. The number of unbranched alkanes of at least 4 members (excludes halogenated alkanes) is 3. The highest BCUT2D eigenvalue weighted by Crippen LogP contribution is 2.16. The van der Waals surface area contributed by atoms with Gasteiger partial charge in [-0.3, -0.25) is 14.4 Å². The average molecular weight is 521 g/mol. The molecule has 2 aromatic carbocycles. The van der Waals surface area contributed by atoms with E-state index in [1.54, 1.807) is 50.2 Å². The van der Waals surface area contributed by atoms with Crippen molar-refractivity contribution in [3.8, 4) is 5.75 Å². The van der Waals surface area contributed by atoms with Crippen molar-refractivity contribution in [2.75, 3.05) is 23.7 Å². The number of benzene rings is 2. The lowest BCUT2D eigenvalue weighted by Crippen LogP contribution is -2.28. The van der Waals surface area contributed by atoms with Gasteiger partial charge in [-0.2, -0.15) is 0 Å². The third-order valence-corrected chi connectivity index (χ3v) is 5.37. The molecule has 0 spiro atoms. The summed E-state index contributed by atoms with van der Waals surface area (Å²) in [5.41, 5.74) is 2.94. The maximum absolute atomic E-state index is 12.1. The van der Waals surface area contributed by atoms with Crippen LogP contribution in [0.2, 0.25) is 0 Å². The number of carbonyl (C=O) groups is 4. The van der Waals surface area contributed by atoms with Crippen LogP contribution in [0.1, 0.15) is 45.1 Å². The van der Waals surface area contributed by atoms with Crippen molar-refractivity contribution in [2.45, 2.75) is 46.0 Å². The molecule has 0 aliphatic carbocycles. The van der Waals surface area contributed by atoms with Crippen molar-refractivity contribution in [1.82, 2.24) is 10.6 Å². The molecular formula is C29H36N4O5. The Morgan fingerprint density at radius 1 is 0.684 bits per heavy atom. The lowest BCUT2D eigenvalue weighted by molar-refractivity contribution is -0.120. The highest BCUT2D eigenvalue weighted by Gasteiger charge is 2.07. The predicted molar refractivity (Wildman–Crippen MR) is 149 cm³/mol. The van der Waals surface area contributed by atoms with Crippen molar-refractivity contribution < 1.29 is 23.9 Å². The summed E-state index contributed by atoms with van der Waals surface area (Å²) in [6, 6.07) is 13.6. The molecule has 0 aromatic heterocycles. The molecule has 4 amide bonds. The van der Waals surface area contributed by atoms with Crippen LogP contribution in [-0.2, 0) is 20.8 Å². The predicted octanol–water partition coefficient (Wildman–Crippen LogP) is 4.72. The van der Waals surface area contributed by atoms with Crippen LogP contribution in [-0.4, -0.2) is 36.9 Å². The Morgan fingerprint density at radius 3 is 1.66 bits per heavy atom. The molecule has 0 saturated carbocycles. The standard InChI is InChI=1S/C29H36N4O5/c1-20(2)27(35)32-23-11-9-22(10-12-23)19-26(34)30-17-7-5-6-8-18-31-29(37)38-25-15-13-24(14-16-25)33-28(36)21(3)4/h9-16H,1,3,5-8,17-19H2,2,4H3,(H,30,34)(H,31,37)(H,32,35)(H,33,36). The van der Waals surface area contributed by atoms with Crippen LogP contribution >= 0.6 is 0 Å². The summed E-state index contributed by atoms with van der Waals surface area (Å²) in [5.74, 6) is -0.190. The molecule has 0 atom stereocenters. The molecule has 2 aromatic rings. The van der Waals surface area contributed by atoms with Gasteiger partial charge in [0.2, 0.25) is 5.91 Å². The van der Waals surface area contributed by atoms with Crippen LogP contribution in [0.15, 0.2) is 72.8 Å². The number of anilines is 2. The van der Waals surface area contributed by atoms with Gasteiger partial charge in [-0.1, -0.05) is 38.1 Å². The summed E-state index contributed by atoms with van der Waals surface area (Å²) in [6.45, 7) is 11.5. The first-order chi connectivity index (χ1) is 18.1. The van der Waals surface area contributed by atoms with Crippen molar-refractivity contribution >= 4 is 35.2 Å². The van der Waals surface area contributed by atoms with E-state index < -0.39 is 6.09 Å². The first kappa shape index (κ1) is 29.8. The van der Waals surface area contributed by atoms with Gasteiger partial charge in [0.15, 0.2) is 0 Å². The summed E-state index contributed by atoms with van der Waals surface area (Å²) >= 11 is 0. The number of hydrogen-bond donors (Lipinski definition) is 4. The maximum Gasteiger partial charge on any atom is 0.412 e. The van der Waals surface area contributed by atoms with Gasteiger partial charge in [0.05, 0.1) is 6.42 Å². The van der Waals surface area contributed by atoms with Crippen LogP contribution < -0.4 is 26.0 Å². The number of rotatable bonds is 14. The zero-order valence-corrected chi connectivity index (χ0v) is 22.0. The quantitative estimate of drug-likeness (QED) is 0.212. The number of ether oxygens (including phenoxy) is 1. The Labute approximate surface area is 223 Å². The third kappa shape index (κ3) is 11.6. The van der Waals surface area contributed by atoms with Crippen LogP contribution in [0.25, 0.3) is 0 Å². The second-order valence-corrected chi connectivity index (χ2v) is 8.95. The topological polar surface area (TPSA) is 126 Å². The Morgan fingerprint density at radius 2 is 1.16 bits per heavy atom. The second-order valence-electron chi connectivity index (χ2n) is 8.95. The van der Waals surface area contributed by atoms with E-state index >= 15 is 0 Å². The molecule has 0 bridgehead atoms. The minimum Gasteiger partial charge on any atom is -0.410 e. The third-order valence-electron chi connectivity index (χ3n) is 5.37. The highest BCUT2D eigenvalue weighted by molar-refractivity contribution is 6.03. The van der Waals surface area contributed by atoms with E-state index in [1.807, 2.05) is 12.1 Å². The van der Waals surface area contributed by atoms with Crippen LogP contribution in [0, 0.1) is 0 Å². The van der Waals surface area contributed by atoms with E-state index in [2.05, 4.69) is 34.4 Å². The zero-order valence-electron chi connectivity index (χ0n) is 22.0. The van der Waals surface area contributed by atoms with Gasteiger partial charge < -0.3 is 26.0 Å². The summed E-state index contributed by atoms with van der Waals surface area (Å²) in [4.78, 5) is 47.3. The van der Waals surface area contributed by atoms with Gasteiger partial charge in [0.1, 0.15) is 5.75 Å². The minimum absolute atomic E-state index is 0.0561. The fourth-order valence-electron chi connectivity index (χ4n) is 3.20. The van der Waals surface area contributed by atoms with Crippen molar-refractivity contribution in [1.29, 1.82) is 0 Å². The Bertz CT molecular complexity index is 1050. The number of hydrogen-bond acceptors (Lipinski definition) is 5. The van der Waals surface area contributed by atoms with Gasteiger partial charge in [0, 0.05) is 35.6 Å². The van der Waals surface area contributed by atoms with Crippen molar-refractivity contribution in [2.24, 2.45) is 0 Å². The molecule has 202 valence electrons. The first-order valence-corrected chi connectivity index (χ1v) is 12.5. The average Bonchev–Trinajstić information content (AvgIpc) is 2.87. The normalized spacial score (nSPS) is 10.2. The lowest BCUT2D eigenvalue weighted by atomic mass is 10.1. The molecule has 0 fully saturated rings. The molecule has 0 aliphatic heterocycles. The molecule has 0 heterocycles. The van der Waals surface area contributed by atoms with E-state index in [0.717, 1.165) is 31.2 Å². The summed E-state index contributed by atoms with van der Waals surface area (Å²) in [7, 11) is 0. The van der Waals surface area contributed by atoms with Crippen molar-refractivity contribution in [3.63, 3.8) is 0 Å². The van der Waals surface area contributed by atoms with Crippen LogP contribution in [0.3, 0.4) is 0 Å². The summed E-state index contributed by atoms with van der Waals surface area (Å²) < 4.78 is 5.23. The van der Waals surface area contributed by atoms with Gasteiger partial charge in [-0.25, -0.2) is 4.79 Å². The highest BCUT2D eigenvalue weighted by atomic mass is 16.6. The first-order valence-electron chi connectivity index (χ1n) is 12.5. The van der Waals surface area contributed by atoms with E-state index in [9.17, 15) is 19.2 Å². The van der Waals surface area contributed by atoms with Gasteiger partial charge in [-0.15, -0.1) is 0 Å². The molecule has 38 heavy (non-hydrogen) atoms. The van der Waals surface area contributed by atoms with Crippen LogP contribution in [0.4, 0.5) is 16.2 Å². The molecule has 9 nitrogen and oxygen atoms in total. The Hall–Kier alpha value is -4.40. The van der Waals surface area contributed by atoms with E-state index in [-0.39, 0.29) is 24.1 Å². The number of carbonyl (C=O) groups excluding carboxylic acids is 4. The monoisotopic (exact) mass is 520 g/mol. The van der Waals surface area contributed by atoms with E-state index in [0.29, 0.717) is 41.4 Å². The fraction of sp³-hybridized carbons (Fsp3) is 0.310. The minimum atomic E-state index is -0.540. The fourth-order valence-corrected chi connectivity index (χ4v) is 3.20. The summed E-state index contributed by atoms with van der Waals surface area (Å²) in [6.07, 6.45) is 3.20. The van der Waals surface area contributed by atoms with Gasteiger partial charge in [-0.05, 0) is 68.7 Å². The smallest absolute Gasteiger partial charge is 0.410 e. The molecule has 2 rings (SSSR count). The SMILES string of the molecule is C=C(C)C(=O)Nc1ccc(CC(=O)NCCCCCCNC(=O)Oc2ccc(NC(=O)C(=C)C)cc2)cc1. The molecule has 0 unspecified atom stereocenters. The molecule has 0 aliphatic rings. The number of amides is 4.